The second kappa shape index (κ2) is 5.27. The third kappa shape index (κ3) is 2.85. The van der Waals surface area contributed by atoms with E-state index in [1.165, 1.54) is 70.6 Å². The first-order valence-electron chi connectivity index (χ1n) is 7.76. The van der Waals surface area contributed by atoms with Gasteiger partial charge >= 0.3 is 0 Å². The molecule has 1 spiro atoms. The van der Waals surface area contributed by atoms with Gasteiger partial charge in [0.05, 0.1) is 5.60 Å². The minimum Gasteiger partial charge on any atom is -0.375 e. The average molecular weight is 237 g/mol. The molecule has 0 aromatic rings. The zero-order chi connectivity index (χ0) is 11.6. The van der Waals surface area contributed by atoms with Crippen molar-refractivity contribution in [2.24, 2.45) is 0 Å². The van der Waals surface area contributed by atoms with Crippen LogP contribution in [0.3, 0.4) is 0 Å². The lowest BCUT2D eigenvalue weighted by atomic mass is 9.78. The lowest BCUT2D eigenvalue weighted by Crippen LogP contribution is -2.50. The highest BCUT2D eigenvalue weighted by Gasteiger charge is 2.38. The Hall–Kier alpha value is -0.0800. The van der Waals surface area contributed by atoms with Gasteiger partial charge in [-0.15, -0.1) is 0 Å². The summed E-state index contributed by atoms with van der Waals surface area (Å²) in [5.74, 6) is 0. The molecule has 1 heterocycles. The SMILES string of the molecule is C1CCC2(CC1)CC(NC1CCCC1)CCO2. The van der Waals surface area contributed by atoms with Crippen molar-refractivity contribution in [1.29, 1.82) is 0 Å². The minimum atomic E-state index is 0.271. The summed E-state index contributed by atoms with van der Waals surface area (Å²) in [6, 6.07) is 1.56. The monoisotopic (exact) mass is 237 g/mol. The lowest BCUT2D eigenvalue weighted by Gasteiger charge is -2.44. The van der Waals surface area contributed by atoms with Crippen molar-refractivity contribution in [1.82, 2.24) is 5.32 Å². The zero-order valence-corrected chi connectivity index (χ0v) is 11.0. The molecule has 0 aromatic heterocycles. The highest BCUT2D eigenvalue weighted by molar-refractivity contribution is 4.93. The summed E-state index contributed by atoms with van der Waals surface area (Å²) in [5, 5.41) is 3.91. The molecule has 1 unspecified atom stereocenters. The van der Waals surface area contributed by atoms with Crippen molar-refractivity contribution in [3.8, 4) is 0 Å². The zero-order valence-electron chi connectivity index (χ0n) is 11.0. The van der Waals surface area contributed by atoms with Crippen LogP contribution in [0.25, 0.3) is 0 Å². The molecule has 2 heteroatoms. The molecule has 3 fully saturated rings. The molecule has 98 valence electrons. The van der Waals surface area contributed by atoms with E-state index in [2.05, 4.69) is 5.32 Å². The molecule has 2 aliphatic carbocycles. The largest absolute Gasteiger partial charge is 0.375 e. The maximum absolute atomic E-state index is 6.16. The molecule has 0 amide bonds. The summed E-state index contributed by atoms with van der Waals surface area (Å²) in [5.41, 5.74) is 0.271. The highest BCUT2D eigenvalue weighted by atomic mass is 16.5. The molecule has 3 rings (SSSR count). The molecule has 2 saturated carbocycles. The van der Waals surface area contributed by atoms with Gasteiger partial charge in [0.1, 0.15) is 0 Å². The van der Waals surface area contributed by atoms with Crippen molar-refractivity contribution in [3.05, 3.63) is 0 Å². The Bertz CT molecular complexity index is 236. The van der Waals surface area contributed by atoms with Crippen LogP contribution in [-0.2, 0) is 4.74 Å². The molecule has 17 heavy (non-hydrogen) atoms. The van der Waals surface area contributed by atoms with Gasteiger partial charge in [-0.25, -0.2) is 0 Å². The second-order valence-electron chi connectivity index (χ2n) is 6.43. The molecule has 0 radical (unpaired) electrons. The molecular weight excluding hydrogens is 210 g/mol. The Kier molecular flexibility index (Phi) is 3.72. The van der Waals surface area contributed by atoms with Crippen LogP contribution in [0.4, 0.5) is 0 Å². The smallest absolute Gasteiger partial charge is 0.0697 e. The van der Waals surface area contributed by atoms with E-state index in [0.29, 0.717) is 0 Å². The Morgan fingerprint density at radius 2 is 1.59 bits per heavy atom. The number of ether oxygens (including phenoxy) is 1. The molecule has 1 N–H and O–H groups in total. The van der Waals surface area contributed by atoms with Gasteiger partial charge < -0.3 is 10.1 Å². The fourth-order valence-corrected chi connectivity index (χ4v) is 4.14. The quantitative estimate of drug-likeness (QED) is 0.795. The van der Waals surface area contributed by atoms with Crippen molar-refractivity contribution in [3.63, 3.8) is 0 Å². The summed E-state index contributed by atoms with van der Waals surface area (Å²) in [6.45, 7) is 0.990. The van der Waals surface area contributed by atoms with Gasteiger partial charge in [0.25, 0.3) is 0 Å². The Balaban J connectivity index is 1.55. The summed E-state index contributed by atoms with van der Waals surface area (Å²) >= 11 is 0. The van der Waals surface area contributed by atoms with Crippen LogP contribution in [0.5, 0.6) is 0 Å². The van der Waals surface area contributed by atoms with E-state index in [1.54, 1.807) is 0 Å². The fraction of sp³-hybridized carbons (Fsp3) is 1.00. The molecule has 1 atom stereocenters. The van der Waals surface area contributed by atoms with Gasteiger partial charge in [-0.2, -0.15) is 0 Å². The normalized spacial score (nSPS) is 34.2. The second-order valence-corrected chi connectivity index (χ2v) is 6.43. The molecule has 3 aliphatic rings. The minimum absolute atomic E-state index is 0.271. The number of rotatable bonds is 2. The van der Waals surface area contributed by atoms with Crippen LogP contribution in [-0.4, -0.2) is 24.3 Å². The van der Waals surface area contributed by atoms with Crippen LogP contribution < -0.4 is 5.32 Å². The van der Waals surface area contributed by atoms with Crippen LogP contribution in [0, 0.1) is 0 Å². The van der Waals surface area contributed by atoms with Gasteiger partial charge in [0.15, 0.2) is 0 Å². The van der Waals surface area contributed by atoms with Gasteiger partial charge in [0, 0.05) is 18.7 Å². The summed E-state index contributed by atoms with van der Waals surface area (Å²) in [6.07, 6.45) is 15.0. The van der Waals surface area contributed by atoms with Gasteiger partial charge in [0.2, 0.25) is 0 Å². The number of nitrogens with one attached hydrogen (secondary N) is 1. The molecule has 1 aliphatic heterocycles. The maximum Gasteiger partial charge on any atom is 0.0697 e. The number of hydrogen-bond acceptors (Lipinski definition) is 2. The third-order valence-corrected chi connectivity index (χ3v) is 5.08. The van der Waals surface area contributed by atoms with E-state index >= 15 is 0 Å². The van der Waals surface area contributed by atoms with Gasteiger partial charge in [-0.1, -0.05) is 32.1 Å². The van der Waals surface area contributed by atoms with Crippen LogP contribution in [0.15, 0.2) is 0 Å². The molecule has 2 nitrogen and oxygen atoms in total. The van der Waals surface area contributed by atoms with Crippen molar-refractivity contribution >= 4 is 0 Å². The topological polar surface area (TPSA) is 21.3 Å². The number of hydrogen-bond donors (Lipinski definition) is 1. The van der Waals surface area contributed by atoms with Crippen molar-refractivity contribution < 1.29 is 4.74 Å². The maximum atomic E-state index is 6.16. The third-order valence-electron chi connectivity index (χ3n) is 5.08. The Morgan fingerprint density at radius 3 is 2.35 bits per heavy atom. The Morgan fingerprint density at radius 1 is 0.824 bits per heavy atom. The van der Waals surface area contributed by atoms with Crippen LogP contribution in [0.1, 0.15) is 70.6 Å². The lowest BCUT2D eigenvalue weighted by molar-refractivity contribution is -0.110. The highest BCUT2D eigenvalue weighted by Crippen LogP contribution is 2.38. The van der Waals surface area contributed by atoms with Gasteiger partial charge in [-0.05, 0) is 38.5 Å². The van der Waals surface area contributed by atoms with E-state index in [-0.39, 0.29) is 5.60 Å². The standard InChI is InChI=1S/C15H27NO/c1-4-9-15(10-5-1)12-14(8-11-17-15)16-13-6-2-3-7-13/h13-14,16H,1-12H2. The average Bonchev–Trinajstić information content (AvgIpc) is 2.83. The summed E-state index contributed by atoms with van der Waals surface area (Å²) in [4.78, 5) is 0. The molecule has 0 aromatic carbocycles. The van der Waals surface area contributed by atoms with Crippen molar-refractivity contribution in [2.45, 2.75) is 88.3 Å². The summed E-state index contributed by atoms with van der Waals surface area (Å²) in [7, 11) is 0. The van der Waals surface area contributed by atoms with E-state index in [9.17, 15) is 0 Å². The van der Waals surface area contributed by atoms with E-state index in [0.717, 1.165) is 18.7 Å². The van der Waals surface area contributed by atoms with E-state index < -0.39 is 0 Å². The first-order chi connectivity index (χ1) is 8.36. The fourth-order valence-electron chi connectivity index (χ4n) is 4.14. The van der Waals surface area contributed by atoms with Crippen molar-refractivity contribution in [2.75, 3.05) is 6.61 Å². The van der Waals surface area contributed by atoms with Crippen LogP contribution in [0.2, 0.25) is 0 Å². The predicted molar refractivity (Wildman–Crippen MR) is 70.2 cm³/mol. The Labute approximate surface area is 105 Å². The van der Waals surface area contributed by atoms with E-state index in [4.69, 9.17) is 4.74 Å². The predicted octanol–water partition coefficient (Wildman–Crippen LogP) is 3.40. The molecule has 1 saturated heterocycles. The first kappa shape index (κ1) is 12.0. The molecular formula is C15H27NO. The summed E-state index contributed by atoms with van der Waals surface area (Å²) < 4.78 is 6.16. The van der Waals surface area contributed by atoms with E-state index in [1.807, 2.05) is 0 Å². The van der Waals surface area contributed by atoms with Gasteiger partial charge in [-0.3, -0.25) is 0 Å². The molecule has 0 bridgehead atoms. The van der Waals surface area contributed by atoms with Crippen LogP contribution >= 0.6 is 0 Å². The first-order valence-corrected chi connectivity index (χ1v) is 7.76.